The Bertz CT molecular complexity index is 1470. The number of rotatable bonds is 6. The van der Waals surface area contributed by atoms with E-state index in [2.05, 4.69) is 23.5 Å². The summed E-state index contributed by atoms with van der Waals surface area (Å²) in [5.41, 5.74) is 2.73. The molecule has 0 unspecified atom stereocenters. The Kier molecular flexibility index (Phi) is 6.20. The Morgan fingerprint density at radius 1 is 0.833 bits per heavy atom. The molecule has 0 aliphatic rings. The van der Waals surface area contributed by atoms with Gasteiger partial charge in [-0.3, -0.25) is 4.79 Å². The number of nitrogens with one attached hydrogen (secondary N) is 1. The maximum atomic E-state index is 13.7. The van der Waals surface area contributed by atoms with Crippen molar-refractivity contribution in [3.05, 3.63) is 108 Å². The number of fused-ring (bicyclic) bond motifs is 1. The minimum Gasteiger partial charge on any atom is -0.508 e. The van der Waals surface area contributed by atoms with Gasteiger partial charge in [0.15, 0.2) is 5.13 Å². The molecular formula is C30H26N2O3S. The van der Waals surface area contributed by atoms with Crippen molar-refractivity contribution in [2.75, 3.05) is 5.32 Å². The molecule has 0 atom stereocenters. The van der Waals surface area contributed by atoms with Crippen molar-refractivity contribution in [2.24, 2.45) is 5.41 Å². The molecule has 5 aromatic rings. The van der Waals surface area contributed by atoms with Crippen LogP contribution in [0, 0.1) is 5.41 Å². The van der Waals surface area contributed by atoms with E-state index in [9.17, 15) is 15.0 Å². The van der Waals surface area contributed by atoms with Crippen LogP contribution in [0.3, 0.4) is 0 Å². The summed E-state index contributed by atoms with van der Waals surface area (Å²) < 4.78 is 0. The fourth-order valence-electron chi connectivity index (χ4n) is 4.65. The van der Waals surface area contributed by atoms with Crippen molar-refractivity contribution in [3.8, 4) is 22.8 Å². The molecule has 0 spiro atoms. The lowest BCUT2D eigenvalue weighted by molar-refractivity contribution is -0.124. The number of aromatic nitrogens is 1. The van der Waals surface area contributed by atoms with Crippen molar-refractivity contribution in [1.82, 2.24) is 4.98 Å². The van der Waals surface area contributed by atoms with Crippen LogP contribution < -0.4 is 5.32 Å². The second-order valence-electron chi connectivity index (χ2n) is 9.36. The van der Waals surface area contributed by atoms with Gasteiger partial charge < -0.3 is 15.5 Å². The molecule has 4 aromatic carbocycles. The summed E-state index contributed by atoms with van der Waals surface area (Å²) in [5, 5.41) is 27.4. The van der Waals surface area contributed by atoms with Gasteiger partial charge in [0.1, 0.15) is 11.5 Å². The first kappa shape index (κ1) is 23.6. The molecular weight excluding hydrogens is 468 g/mol. The van der Waals surface area contributed by atoms with Crippen molar-refractivity contribution >= 4 is 33.1 Å². The largest absolute Gasteiger partial charge is 0.508 e. The molecule has 3 N–H and O–H groups in total. The van der Waals surface area contributed by atoms with Crippen molar-refractivity contribution < 1.29 is 15.0 Å². The molecule has 1 amide bonds. The van der Waals surface area contributed by atoms with Crippen molar-refractivity contribution in [3.63, 3.8) is 0 Å². The third-order valence-electron chi connectivity index (χ3n) is 6.55. The van der Waals surface area contributed by atoms with Gasteiger partial charge in [-0.15, -0.1) is 11.3 Å². The quantitative estimate of drug-likeness (QED) is 0.234. The molecule has 6 heteroatoms. The van der Waals surface area contributed by atoms with Gasteiger partial charge in [-0.1, -0.05) is 80.6 Å². The van der Waals surface area contributed by atoms with E-state index in [4.69, 9.17) is 4.98 Å². The van der Waals surface area contributed by atoms with Gasteiger partial charge in [-0.2, -0.15) is 0 Å². The predicted octanol–water partition coefficient (Wildman–Crippen LogP) is 7.17. The number of amides is 1. The number of phenols is 2. The monoisotopic (exact) mass is 494 g/mol. The van der Waals surface area contributed by atoms with Crippen LogP contribution in [-0.2, 0) is 4.79 Å². The number of thiazole rings is 1. The molecule has 0 fully saturated rings. The molecule has 0 saturated carbocycles. The van der Waals surface area contributed by atoms with Crippen LogP contribution >= 0.6 is 11.3 Å². The number of hydrogen-bond acceptors (Lipinski definition) is 5. The maximum Gasteiger partial charge on any atom is 0.232 e. The Labute approximate surface area is 213 Å². The first-order valence-electron chi connectivity index (χ1n) is 11.7. The second-order valence-corrected chi connectivity index (χ2v) is 10.2. The SMILES string of the molecule is CC(C)(C(=O)Nc1nc(-c2cccc3ccccc23)cs1)C(c1ccc(O)cc1)c1ccc(O)cc1. The molecule has 180 valence electrons. The fraction of sp³-hybridized carbons (Fsp3) is 0.133. The smallest absolute Gasteiger partial charge is 0.232 e. The highest BCUT2D eigenvalue weighted by molar-refractivity contribution is 7.14. The zero-order valence-electron chi connectivity index (χ0n) is 20.0. The van der Waals surface area contributed by atoms with Crippen LogP contribution in [0.1, 0.15) is 30.9 Å². The molecule has 5 nitrogen and oxygen atoms in total. The lowest BCUT2D eigenvalue weighted by Crippen LogP contribution is -2.37. The summed E-state index contributed by atoms with van der Waals surface area (Å²) in [6.45, 7) is 3.79. The van der Waals surface area contributed by atoms with Crippen molar-refractivity contribution in [2.45, 2.75) is 19.8 Å². The van der Waals surface area contributed by atoms with Gasteiger partial charge in [0.2, 0.25) is 5.91 Å². The van der Waals surface area contributed by atoms with E-state index >= 15 is 0 Å². The number of nitrogens with zero attached hydrogens (tertiary/aromatic N) is 1. The first-order chi connectivity index (χ1) is 17.3. The van der Waals surface area contributed by atoms with Crippen LogP contribution in [0.15, 0.2) is 96.4 Å². The van der Waals surface area contributed by atoms with Crippen molar-refractivity contribution in [1.29, 1.82) is 0 Å². The second kappa shape index (κ2) is 9.47. The fourth-order valence-corrected chi connectivity index (χ4v) is 5.36. The number of aromatic hydroxyl groups is 2. The van der Waals surface area contributed by atoms with Crippen LogP contribution in [0.4, 0.5) is 5.13 Å². The number of hydrogen-bond donors (Lipinski definition) is 3. The normalized spacial score (nSPS) is 11.6. The zero-order chi connectivity index (χ0) is 25.3. The van der Waals surface area contributed by atoms with Gasteiger partial charge in [-0.25, -0.2) is 4.98 Å². The Morgan fingerprint density at radius 2 is 1.42 bits per heavy atom. The predicted molar refractivity (Wildman–Crippen MR) is 146 cm³/mol. The van der Waals surface area contributed by atoms with E-state index in [0.717, 1.165) is 33.2 Å². The zero-order valence-corrected chi connectivity index (χ0v) is 20.8. The summed E-state index contributed by atoms with van der Waals surface area (Å²) in [6, 6.07) is 28.1. The minimum atomic E-state index is -0.876. The number of carbonyl (C=O) groups excluding carboxylic acids is 1. The highest BCUT2D eigenvalue weighted by Crippen LogP contribution is 2.43. The molecule has 0 aliphatic heterocycles. The molecule has 0 aliphatic carbocycles. The molecule has 0 saturated heterocycles. The average molecular weight is 495 g/mol. The van der Waals surface area contributed by atoms with Crippen LogP contribution in [-0.4, -0.2) is 21.1 Å². The summed E-state index contributed by atoms with van der Waals surface area (Å²) in [4.78, 5) is 18.4. The minimum absolute atomic E-state index is 0.161. The number of anilines is 1. The highest BCUT2D eigenvalue weighted by atomic mass is 32.1. The molecule has 1 heterocycles. The van der Waals surface area contributed by atoms with E-state index < -0.39 is 5.41 Å². The summed E-state index contributed by atoms with van der Waals surface area (Å²) >= 11 is 1.40. The lowest BCUT2D eigenvalue weighted by atomic mass is 9.70. The molecule has 5 rings (SSSR count). The van der Waals surface area contributed by atoms with E-state index in [0.29, 0.717) is 5.13 Å². The third-order valence-corrected chi connectivity index (χ3v) is 7.31. The first-order valence-corrected chi connectivity index (χ1v) is 12.5. The maximum absolute atomic E-state index is 13.7. The average Bonchev–Trinajstić information content (AvgIpc) is 3.34. The van der Waals surface area contributed by atoms with E-state index in [-0.39, 0.29) is 23.3 Å². The Hall–Kier alpha value is -4.16. The number of phenolic OH excluding ortho intramolecular Hbond substituents is 2. The van der Waals surface area contributed by atoms with E-state index in [1.807, 2.05) is 67.8 Å². The third kappa shape index (κ3) is 4.55. The molecule has 0 radical (unpaired) electrons. The lowest BCUT2D eigenvalue weighted by Gasteiger charge is -2.33. The molecule has 0 bridgehead atoms. The highest BCUT2D eigenvalue weighted by Gasteiger charge is 2.39. The van der Waals surface area contributed by atoms with Crippen LogP contribution in [0.2, 0.25) is 0 Å². The van der Waals surface area contributed by atoms with E-state index in [1.165, 1.54) is 11.3 Å². The van der Waals surface area contributed by atoms with Gasteiger partial charge in [0, 0.05) is 16.9 Å². The van der Waals surface area contributed by atoms with Gasteiger partial charge in [0.05, 0.1) is 11.1 Å². The summed E-state index contributed by atoms with van der Waals surface area (Å²) in [5.74, 6) is -0.174. The summed E-state index contributed by atoms with van der Waals surface area (Å²) in [7, 11) is 0. The van der Waals surface area contributed by atoms with Gasteiger partial charge in [0.25, 0.3) is 0 Å². The molecule has 1 aromatic heterocycles. The van der Waals surface area contributed by atoms with E-state index in [1.54, 1.807) is 24.3 Å². The van der Waals surface area contributed by atoms with Gasteiger partial charge >= 0.3 is 0 Å². The van der Waals surface area contributed by atoms with Crippen LogP contribution in [0.25, 0.3) is 22.0 Å². The summed E-state index contributed by atoms with van der Waals surface area (Å²) in [6.07, 6.45) is 0. The Balaban J connectivity index is 1.46. The Morgan fingerprint density at radius 3 is 2.06 bits per heavy atom. The standard InChI is InChI=1S/C30H26N2O3S/c1-30(2,27(20-10-14-22(33)15-11-20)21-12-16-23(34)17-13-21)28(35)32-29-31-26(18-36-29)25-9-5-7-19-6-3-4-8-24(19)25/h3-18,27,33-34H,1-2H3,(H,31,32,35). The number of carbonyl (C=O) groups is 1. The topological polar surface area (TPSA) is 82.5 Å². The van der Waals surface area contributed by atoms with Crippen LogP contribution in [0.5, 0.6) is 11.5 Å². The number of benzene rings is 4. The molecule has 36 heavy (non-hydrogen) atoms. The van der Waals surface area contributed by atoms with Gasteiger partial charge in [-0.05, 0) is 46.2 Å².